The molecular weight excluding hydrogens is 224 g/mol. The molecule has 0 aromatic carbocycles. The van der Waals surface area contributed by atoms with Gasteiger partial charge in [0.2, 0.25) is 10.0 Å². The first-order chi connectivity index (χ1) is 7.34. The van der Waals surface area contributed by atoms with Gasteiger partial charge in [-0.1, -0.05) is 27.7 Å². The van der Waals surface area contributed by atoms with Crippen LogP contribution in [0.2, 0.25) is 0 Å². The number of nitrogens with one attached hydrogen (secondary N) is 1. The Kier molecular flexibility index (Phi) is 4.76. The first-order valence-electron chi connectivity index (χ1n) is 6.06. The summed E-state index contributed by atoms with van der Waals surface area (Å²) in [6, 6.07) is 0.0868. The van der Waals surface area contributed by atoms with Gasteiger partial charge in [-0.3, -0.25) is 0 Å². The molecule has 0 unspecified atom stereocenters. The van der Waals surface area contributed by atoms with Crippen LogP contribution in [0, 0.1) is 11.8 Å². The zero-order chi connectivity index (χ0) is 12.3. The van der Waals surface area contributed by atoms with Gasteiger partial charge in [-0.25, -0.2) is 13.1 Å². The lowest BCUT2D eigenvalue weighted by Crippen LogP contribution is -2.41. The first-order valence-corrected chi connectivity index (χ1v) is 7.71. The van der Waals surface area contributed by atoms with Crippen molar-refractivity contribution in [2.45, 2.75) is 33.7 Å². The van der Waals surface area contributed by atoms with Crippen LogP contribution in [0.1, 0.15) is 27.7 Å². The normalized spacial score (nSPS) is 27.8. The molecule has 1 fully saturated rings. The second kappa shape index (κ2) is 5.47. The smallest absolute Gasteiger partial charge is 0.212 e. The summed E-state index contributed by atoms with van der Waals surface area (Å²) in [6.07, 6.45) is 0. The number of likely N-dealkylation sites (N-methyl/N-ethyl adjacent to an activating group) is 1. The molecular formula is C11H24N2O2S. The maximum absolute atomic E-state index is 11.8. The topological polar surface area (TPSA) is 49.4 Å². The fourth-order valence-corrected chi connectivity index (χ4v) is 3.94. The number of rotatable bonds is 5. The quantitative estimate of drug-likeness (QED) is 0.786. The number of likely N-dealkylation sites (tertiary alicyclic amines) is 1. The second-order valence-corrected chi connectivity index (χ2v) is 7.03. The highest BCUT2D eigenvalue weighted by Gasteiger charge is 2.31. The highest BCUT2D eigenvalue weighted by Crippen LogP contribution is 2.17. The van der Waals surface area contributed by atoms with Crippen LogP contribution in [0.4, 0.5) is 0 Å². The lowest BCUT2D eigenvalue weighted by molar-refractivity contribution is 0.344. The lowest BCUT2D eigenvalue weighted by Gasteiger charge is -2.17. The average Bonchev–Trinajstić information content (AvgIpc) is 2.44. The first kappa shape index (κ1) is 13.9. The summed E-state index contributed by atoms with van der Waals surface area (Å²) in [4.78, 5) is 2.28. The maximum Gasteiger partial charge on any atom is 0.212 e. The fraction of sp³-hybridized carbons (Fsp3) is 1.00. The summed E-state index contributed by atoms with van der Waals surface area (Å²) in [6.45, 7) is 10.9. The molecule has 5 heteroatoms. The van der Waals surface area contributed by atoms with E-state index < -0.39 is 10.0 Å². The van der Waals surface area contributed by atoms with Crippen LogP contribution in [0.3, 0.4) is 0 Å². The molecule has 1 rings (SSSR count). The van der Waals surface area contributed by atoms with Crippen molar-refractivity contribution in [3.05, 3.63) is 0 Å². The highest BCUT2D eigenvalue weighted by atomic mass is 32.2. The van der Waals surface area contributed by atoms with Gasteiger partial charge in [0.1, 0.15) is 0 Å². The molecule has 96 valence electrons. The third kappa shape index (κ3) is 4.03. The average molecular weight is 248 g/mol. The molecule has 16 heavy (non-hydrogen) atoms. The minimum Gasteiger partial charge on any atom is -0.302 e. The number of hydrogen-bond donors (Lipinski definition) is 1. The van der Waals surface area contributed by atoms with Gasteiger partial charge in [-0.05, 0) is 18.4 Å². The lowest BCUT2D eigenvalue weighted by atomic mass is 10.1. The summed E-state index contributed by atoms with van der Waals surface area (Å²) in [5.41, 5.74) is 0. The van der Waals surface area contributed by atoms with E-state index >= 15 is 0 Å². The largest absolute Gasteiger partial charge is 0.302 e. The Balaban J connectivity index is 2.54. The van der Waals surface area contributed by atoms with Crippen LogP contribution >= 0.6 is 0 Å². The Morgan fingerprint density at radius 3 is 2.44 bits per heavy atom. The molecule has 1 heterocycles. The van der Waals surface area contributed by atoms with Crippen LogP contribution in [0.25, 0.3) is 0 Å². The molecule has 0 aromatic rings. The van der Waals surface area contributed by atoms with Gasteiger partial charge in [0.15, 0.2) is 0 Å². The number of sulfonamides is 1. The molecule has 0 radical (unpaired) electrons. The molecule has 0 saturated carbocycles. The Labute approximate surface area is 99.5 Å². The zero-order valence-corrected chi connectivity index (χ0v) is 11.5. The third-order valence-electron chi connectivity index (χ3n) is 3.02. The van der Waals surface area contributed by atoms with E-state index in [1.807, 2.05) is 13.8 Å². The van der Waals surface area contributed by atoms with Gasteiger partial charge in [-0.2, -0.15) is 0 Å². The molecule has 0 amide bonds. The SMILES string of the molecule is CCN1C[C@@H](C)[C@@H](NS(=O)(=O)CC(C)C)C1. The Hall–Kier alpha value is -0.130. The van der Waals surface area contributed by atoms with E-state index in [1.54, 1.807) is 0 Å². The van der Waals surface area contributed by atoms with Crippen molar-refractivity contribution in [1.82, 2.24) is 9.62 Å². The second-order valence-electron chi connectivity index (χ2n) is 5.23. The fourth-order valence-electron chi connectivity index (χ4n) is 2.20. The van der Waals surface area contributed by atoms with E-state index in [2.05, 4.69) is 23.5 Å². The highest BCUT2D eigenvalue weighted by molar-refractivity contribution is 7.89. The van der Waals surface area contributed by atoms with Crippen molar-refractivity contribution >= 4 is 10.0 Å². The van der Waals surface area contributed by atoms with Gasteiger partial charge in [0.25, 0.3) is 0 Å². The minimum absolute atomic E-state index is 0.0868. The van der Waals surface area contributed by atoms with Crippen LogP contribution in [-0.4, -0.2) is 44.7 Å². The zero-order valence-electron chi connectivity index (χ0n) is 10.7. The van der Waals surface area contributed by atoms with Crippen LogP contribution in [0.15, 0.2) is 0 Å². The minimum atomic E-state index is -3.11. The van der Waals surface area contributed by atoms with Gasteiger partial charge in [0, 0.05) is 19.1 Å². The van der Waals surface area contributed by atoms with Gasteiger partial charge >= 0.3 is 0 Å². The number of hydrogen-bond acceptors (Lipinski definition) is 3. The van der Waals surface area contributed by atoms with Crippen molar-refractivity contribution in [3.8, 4) is 0 Å². The summed E-state index contributed by atoms with van der Waals surface area (Å²) < 4.78 is 26.4. The number of nitrogens with zero attached hydrogens (tertiary/aromatic N) is 1. The molecule has 0 aromatic heterocycles. The molecule has 4 nitrogen and oxygen atoms in total. The van der Waals surface area contributed by atoms with E-state index in [9.17, 15) is 8.42 Å². The summed E-state index contributed by atoms with van der Waals surface area (Å²) in [7, 11) is -3.11. The summed E-state index contributed by atoms with van der Waals surface area (Å²) in [5.74, 6) is 0.806. The molecule has 1 N–H and O–H groups in total. The monoisotopic (exact) mass is 248 g/mol. The van der Waals surface area contributed by atoms with Crippen LogP contribution in [0.5, 0.6) is 0 Å². The summed E-state index contributed by atoms with van der Waals surface area (Å²) in [5, 5.41) is 0. The standard InChI is InChI=1S/C11H24N2O2S/c1-5-13-6-10(4)11(7-13)12-16(14,15)8-9(2)3/h9-12H,5-8H2,1-4H3/t10-,11+/m1/s1. The molecule has 0 aliphatic carbocycles. The molecule has 0 bridgehead atoms. The molecule has 1 aliphatic heterocycles. The summed E-state index contributed by atoms with van der Waals surface area (Å²) >= 11 is 0. The molecule has 2 atom stereocenters. The Bertz CT molecular complexity index is 314. The van der Waals surface area contributed by atoms with Crippen molar-refractivity contribution in [1.29, 1.82) is 0 Å². The van der Waals surface area contributed by atoms with E-state index in [0.717, 1.165) is 19.6 Å². The van der Waals surface area contributed by atoms with E-state index in [1.165, 1.54) is 0 Å². The Morgan fingerprint density at radius 2 is 2.00 bits per heavy atom. The predicted octanol–water partition coefficient (Wildman–Crippen LogP) is 0.902. The van der Waals surface area contributed by atoms with Crippen molar-refractivity contribution in [2.24, 2.45) is 11.8 Å². The third-order valence-corrected chi connectivity index (χ3v) is 4.79. The van der Waals surface area contributed by atoms with E-state index in [0.29, 0.717) is 5.92 Å². The van der Waals surface area contributed by atoms with Crippen molar-refractivity contribution in [2.75, 3.05) is 25.4 Å². The molecule has 1 aliphatic rings. The van der Waals surface area contributed by atoms with Crippen LogP contribution in [-0.2, 0) is 10.0 Å². The van der Waals surface area contributed by atoms with E-state index in [4.69, 9.17) is 0 Å². The van der Waals surface area contributed by atoms with Crippen LogP contribution < -0.4 is 4.72 Å². The Morgan fingerprint density at radius 1 is 1.38 bits per heavy atom. The van der Waals surface area contributed by atoms with Crippen molar-refractivity contribution in [3.63, 3.8) is 0 Å². The molecule has 1 saturated heterocycles. The molecule has 0 spiro atoms. The van der Waals surface area contributed by atoms with Gasteiger partial charge < -0.3 is 4.90 Å². The van der Waals surface area contributed by atoms with E-state index in [-0.39, 0.29) is 17.7 Å². The van der Waals surface area contributed by atoms with Crippen molar-refractivity contribution < 1.29 is 8.42 Å². The predicted molar refractivity (Wildman–Crippen MR) is 66.8 cm³/mol. The maximum atomic E-state index is 11.8. The van der Waals surface area contributed by atoms with Gasteiger partial charge in [-0.15, -0.1) is 0 Å². The van der Waals surface area contributed by atoms with Gasteiger partial charge in [0.05, 0.1) is 5.75 Å².